The molecule has 0 bridgehead atoms. The van der Waals surface area contributed by atoms with Crippen LogP contribution in [0.1, 0.15) is 89.5 Å². The highest BCUT2D eigenvalue weighted by atomic mass is 16.6. The van der Waals surface area contributed by atoms with Gasteiger partial charge in [0.2, 0.25) is 11.8 Å². The predicted molar refractivity (Wildman–Crippen MR) is 136 cm³/mol. The molecule has 8 nitrogen and oxygen atoms in total. The molecule has 1 aliphatic rings. The van der Waals surface area contributed by atoms with Gasteiger partial charge in [-0.15, -0.1) is 0 Å². The Balaban J connectivity index is 2.46. The van der Waals surface area contributed by atoms with Crippen molar-refractivity contribution in [1.82, 2.24) is 15.5 Å². The van der Waals surface area contributed by atoms with Crippen LogP contribution in [0, 0.1) is 13.8 Å². The number of carbonyl (C=O) groups excluding carboxylic acids is 3. The zero-order valence-electron chi connectivity index (χ0n) is 22.3. The minimum atomic E-state index is -1.22. The van der Waals surface area contributed by atoms with E-state index in [2.05, 4.69) is 17.6 Å². The Morgan fingerprint density at radius 3 is 2.17 bits per heavy atom. The normalized spacial score (nSPS) is 16.5. The summed E-state index contributed by atoms with van der Waals surface area (Å²) in [6.45, 7) is 12.5. The molecule has 35 heavy (non-hydrogen) atoms. The highest BCUT2D eigenvalue weighted by Gasteiger charge is 2.42. The van der Waals surface area contributed by atoms with Gasteiger partial charge in [-0.25, -0.2) is 4.79 Å². The van der Waals surface area contributed by atoms with Gasteiger partial charge in [0, 0.05) is 12.1 Å². The molecule has 1 saturated carbocycles. The maximum absolute atomic E-state index is 13.8. The third kappa shape index (κ3) is 8.23. The Kier molecular flexibility index (Phi) is 10.1. The molecular formula is C27H43N3O5. The van der Waals surface area contributed by atoms with E-state index in [1.807, 2.05) is 39.0 Å². The maximum atomic E-state index is 13.8. The maximum Gasteiger partial charge on any atom is 0.408 e. The van der Waals surface area contributed by atoms with Gasteiger partial charge in [-0.2, -0.15) is 0 Å². The first-order chi connectivity index (χ1) is 16.4. The van der Waals surface area contributed by atoms with E-state index in [1.165, 1.54) is 0 Å². The number of amides is 3. The summed E-state index contributed by atoms with van der Waals surface area (Å²) in [7, 11) is 0. The summed E-state index contributed by atoms with van der Waals surface area (Å²) in [5.41, 5.74) is 1.95. The monoisotopic (exact) mass is 489 g/mol. The minimum Gasteiger partial charge on any atom is -0.444 e. The van der Waals surface area contributed by atoms with E-state index in [0.717, 1.165) is 48.8 Å². The molecule has 0 saturated heterocycles. The summed E-state index contributed by atoms with van der Waals surface area (Å²) >= 11 is 0. The molecular weight excluding hydrogens is 446 g/mol. The molecule has 3 unspecified atom stereocenters. The number of aryl methyl sites for hydroxylation is 2. The lowest BCUT2D eigenvalue weighted by molar-refractivity contribution is -0.148. The second-order valence-electron chi connectivity index (χ2n) is 10.7. The first kappa shape index (κ1) is 28.6. The topological polar surface area (TPSA) is 108 Å². The third-order valence-electron chi connectivity index (χ3n) is 6.09. The molecule has 0 aromatic heterocycles. The average Bonchev–Trinajstić information content (AvgIpc) is 2.67. The second-order valence-corrected chi connectivity index (χ2v) is 10.7. The predicted octanol–water partition coefficient (Wildman–Crippen LogP) is 3.92. The Hall–Kier alpha value is -2.61. The standard InChI is InChI=1S/C27H43N3O5/c1-8-10-19(4)28-24(32)23(20-14-17(2)13-18(3)15-20)30(21-11-9-12-21)25(33)22(16-31)29-26(34)35-27(5,6)7/h13-15,19,21-23,31H,8-12,16H2,1-7H3,(H,28,32)(H,29,34). The number of nitrogens with one attached hydrogen (secondary N) is 2. The molecule has 196 valence electrons. The first-order valence-electron chi connectivity index (χ1n) is 12.7. The van der Waals surface area contributed by atoms with Gasteiger partial charge in [0.25, 0.3) is 0 Å². The van der Waals surface area contributed by atoms with Crippen LogP contribution < -0.4 is 10.6 Å². The van der Waals surface area contributed by atoms with Crippen molar-refractivity contribution in [3.8, 4) is 0 Å². The van der Waals surface area contributed by atoms with Gasteiger partial charge < -0.3 is 25.4 Å². The number of benzene rings is 1. The Labute approximate surface area is 209 Å². The quantitative estimate of drug-likeness (QED) is 0.462. The van der Waals surface area contributed by atoms with Crippen molar-refractivity contribution < 1.29 is 24.2 Å². The van der Waals surface area contributed by atoms with Gasteiger partial charge in [-0.3, -0.25) is 9.59 Å². The fourth-order valence-corrected chi connectivity index (χ4v) is 4.43. The summed E-state index contributed by atoms with van der Waals surface area (Å²) in [5.74, 6) is -0.754. The van der Waals surface area contributed by atoms with Crippen LogP contribution in [0.3, 0.4) is 0 Å². The van der Waals surface area contributed by atoms with E-state index < -0.39 is 36.3 Å². The third-order valence-corrected chi connectivity index (χ3v) is 6.09. The van der Waals surface area contributed by atoms with Crippen LogP contribution in [0.15, 0.2) is 18.2 Å². The van der Waals surface area contributed by atoms with Crippen LogP contribution in [-0.2, 0) is 14.3 Å². The number of nitrogens with zero attached hydrogens (tertiary/aromatic N) is 1. The molecule has 0 spiro atoms. The van der Waals surface area contributed by atoms with Crippen molar-refractivity contribution in [3.63, 3.8) is 0 Å². The smallest absolute Gasteiger partial charge is 0.408 e. The Morgan fingerprint density at radius 2 is 1.71 bits per heavy atom. The van der Waals surface area contributed by atoms with Gasteiger partial charge in [0.1, 0.15) is 17.7 Å². The fourth-order valence-electron chi connectivity index (χ4n) is 4.43. The lowest BCUT2D eigenvalue weighted by atomic mass is 9.87. The summed E-state index contributed by atoms with van der Waals surface area (Å²) in [4.78, 5) is 41.5. The molecule has 3 N–H and O–H groups in total. The number of ether oxygens (including phenoxy) is 1. The molecule has 1 aliphatic carbocycles. The van der Waals surface area contributed by atoms with Crippen LogP contribution in [0.4, 0.5) is 4.79 Å². The first-order valence-corrected chi connectivity index (χ1v) is 12.7. The molecule has 1 aromatic carbocycles. The molecule has 3 atom stereocenters. The number of aliphatic hydroxyl groups excluding tert-OH is 1. The number of rotatable bonds is 10. The van der Waals surface area contributed by atoms with Crippen molar-refractivity contribution in [2.24, 2.45) is 0 Å². The van der Waals surface area contributed by atoms with Crippen molar-refractivity contribution >= 4 is 17.9 Å². The van der Waals surface area contributed by atoms with Gasteiger partial charge in [0.05, 0.1) is 6.61 Å². The highest BCUT2D eigenvalue weighted by molar-refractivity contribution is 5.92. The highest BCUT2D eigenvalue weighted by Crippen LogP contribution is 2.34. The van der Waals surface area contributed by atoms with Crippen molar-refractivity contribution in [3.05, 3.63) is 34.9 Å². The molecule has 0 heterocycles. The van der Waals surface area contributed by atoms with Gasteiger partial charge >= 0.3 is 6.09 Å². The van der Waals surface area contributed by atoms with Gasteiger partial charge in [-0.1, -0.05) is 42.7 Å². The molecule has 3 amide bonds. The number of aliphatic hydroxyl groups is 1. The average molecular weight is 490 g/mol. The molecule has 0 radical (unpaired) electrons. The SMILES string of the molecule is CCCC(C)NC(=O)C(c1cc(C)cc(C)c1)N(C(=O)C(CO)NC(=O)OC(C)(C)C)C1CCC1. The number of hydrogen-bond acceptors (Lipinski definition) is 5. The number of carbonyl (C=O) groups is 3. The summed E-state index contributed by atoms with van der Waals surface area (Å²) in [5, 5.41) is 15.6. The Bertz CT molecular complexity index is 871. The Morgan fingerprint density at radius 1 is 1.11 bits per heavy atom. The van der Waals surface area contributed by atoms with Gasteiger partial charge in [-0.05, 0) is 72.8 Å². The lowest BCUT2D eigenvalue weighted by Gasteiger charge is -2.43. The summed E-state index contributed by atoms with van der Waals surface area (Å²) in [6.07, 6.45) is 3.42. The molecule has 0 aliphatic heterocycles. The fraction of sp³-hybridized carbons (Fsp3) is 0.667. The van der Waals surface area contributed by atoms with E-state index in [-0.39, 0.29) is 18.0 Å². The van der Waals surface area contributed by atoms with Crippen molar-refractivity contribution in [2.45, 2.75) is 110 Å². The second kappa shape index (κ2) is 12.4. The number of alkyl carbamates (subject to hydrolysis) is 1. The van der Waals surface area contributed by atoms with Crippen molar-refractivity contribution in [2.75, 3.05) is 6.61 Å². The van der Waals surface area contributed by atoms with E-state index in [1.54, 1.807) is 25.7 Å². The lowest BCUT2D eigenvalue weighted by Crippen LogP contribution is -2.58. The van der Waals surface area contributed by atoms with Crippen molar-refractivity contribution in [1.29, 1.82) is 0 Å². The zero-order chi connectivity index (χ0) is 26.3. The summed E-state index contributed by atoms with van der Waals surface area (Å²) in [6, 6.07) is 3.57. The van der Waals surface area contributed by atoms with E-state index in [0.29, 0.717) is 0 Å². The van der Waals surface area contributed by atoms with E-state index in [4.69, 9.17) is 4.74 Å². The van der Waals surface area contributed by atoms with Crippen LogP contribution in [0.2, 0.25) is 0 Å². The zero-order valence-corrected chi connectivity index (χ0v) is 22.3. The van der Waals surface area contributed by atoms with Crippen LogP contribution >= 0.6 is 0 Å². The van der Waals surface area contributed by atoms with Gasteiger partial charge in [0.15, 0.2) is 0 Å². The minimum absolute atomic E-state index is 0.0484. The molecule has 8 heteroatoms. The number of hydrogen-bond donors (Lipinski definition) is 3. The summed E-state index contributed by atoms with van der Waals surface area (Å²) < 4.78 is 5.29. The van der Waals surface area contributed by atoms with Crippen LogP contribution in [-0.4, -0.2) is 58.2 Å². The molecule has 2 rings (SSSR count). The van der Waals surface area contributed by atoms with E-state index in [9.17, 15) is 19.5 Å². The van der Waals surface area contributed by atoms with Crippen LogP contribution in [0.25, 0.3) is 0 Å². The van der Waals surface area contributed by atoms with Crippen LogP contribution in [0.5, 0.6) is 0 Å². The largest absolute Gasteiger partial charge is 0.444 e. The molecule has 1 aromatic rings. The molecule has 1 fully saturated rings. The van der Waals surface area contributed by atoms with E-state index >= 15 is 0 Å².